The quantitative estimate of drug-likeness (QED) is 0.393. The van der Waals surface area contributed by atoms with Crippen molar-refractivity contribution < 1.29 is 44.7 Å². The Kier molecular flexibility index (Phi) is 5.86. The van der Waals surface area contributed by atoms with Gasteiger partial charge in [0.1, 0.15) is 11.6 Å². The van der Waals surface area contributed by atoms with E-state index in [1.54, 1.807) is 0 Å². The maximum Gasteiger partial charge on any atom is 0.573 e. The zero-order valence-electron chi connectivity index (χ0n) is 15.0. The van der Waals surface area contributed by atoms with Crippen LogP contribution < -0.4 is 9.64 Å². The topological polar surface area (TPSA) is 68.5 Å². The predicted octanol–water partition coefficient (Wildman–Crippen LogP) is 4.96. The van der Waals surface area contributed by atoms with Crippen molar-refractivity contribution >= 4 is 12.1 Å². The summed E-state index contributed by atoms with van der Waals surface area (Å²) in [6, 6.07) is 7.66. The first-order chi connectivity index (χ1) is 14.5. The van der Waals surface area contributed by atoms with E-state index < -0.39 is 35.9 Å². The van der Waals surface area contributed by atoms with Gasteiger partial charge in [0.05, 0.1) is 6.54 Å². The summed E-state index contributed by atoms with van der Waals surface area (Å²) in [5.41, 5.74) is -0.219. The number of nitrogens with zero attached hydrogens (tertiary/aromatic N) is 3. The average Bonchev–Trinajstić information content (AvgIpc) is 3.16. The number of anilines is 1. The Morgan fingerprint density at radius 2 is 1.77 bits per heavy atom. The highest BCUT2D eigenvalue weighted by Gasteiger charge is 2.38. The van der Waals surface area contributed by atoms with E-state index in [-0.39, 0.29) is 29.8 Å². The van der Waals surface area contributed by atoms with Crippen molar-refractivity contribution in [3.05, 3.63) is 59.7 Å². The molecule has 3 rings (SSSR count). The summed E-state index contributed by atoms with van der Waals surface area (Å²) in [6.07, 6.45) is -9.53. The Bertz CT molecular complexity index is 1080. The van der Waals surface area contributed by atoms with Crippen molar-refractivity contribution in [3.63, 3.8) is 0 Å². The smallest absolute Gasteiger partial charge is 0.413 e. The number of rotatable bonds is 6. The van der Waals surface area contributed by atoms with Crippen LogP contribution in [0, 0.1) is 5.82 Å². The third-order valence-corrected chi connectivity index (χ3v) is 3.82. The van der Waals surface area contributed by atoms with E-state index in [1.807, 2.05) is 0 Å². The number of amides is 1. The first kappa shape index (κ1) is 22.1. The van der Waals surface area contributed by atoms with Gasteiger partial charge in [-0.05, 0) is 24.3 Å². The van der Waals surface area contributed by atoms with E-state index in [1.165, 1.54) is 18.2 Å². The van der Waals surface area contributed by atoms with Crippen LogP contribution in [-0.2, 0) is 17.5 Å². The first-order valence-corrected chi connectivity index (χ1v) is 8.23. The van der Waals surface area contributed by atoms with Gasteiger partial charge in [0.2, 0.25) is 12.3 Å². The molecule has 1 amide bonds. The molecule has 2 aromatic carbocycles. The predicted molar refractivity (Wildman–Crippen MR) is 90.1 cm³/mol. The fourth-order valence-corrected chi connectivity index (χ4v) is 2.50. The molecule has 0 saturated heterocycles. The minimum Gasteiger partial charge on any atom is -0.413 e. The number of ether oxygens (including phenoxy) is 1. The zero-order chi connectivity index (χ0) is 22.8. The van der Waals surface area contributed by atoms with Gasteiger partial charge in [0.25, 0.3) is 0 Å². The summed E-state index contributed by atoms with van der Waals surface area (Å²) < 4.78 is 97.4. The lowest BCUT2D eigenvalue weighted by atomic mass is 10.1. The van der Waals surface area contributed by atoms with Gasteiger partial charge in [-0.3, -0.25) is 4.79 Å². The monoisotopic (exact) mass is 449 g/mol. The van der Waals surface area contributed by atoms with Crippen LogP contribution in [-0.4, -0.2) is 23.0 Å². The average molecular weight is 449 g/mol. The fourth-order valence-electron chi connectivity index (χ4n) is 2.50. The van der Waals surface area contributed by atoms with Gasteiger partial charge in [-0.25, -0.2) is 4.39 Å². The van der Waals surface area contributed by atoms with Gasteiger partial charge < -0.3 is 14.1 Å². The van der Waals surface area contributed by atoms with Gasteiger partial charge in [-0.1, -0.05) is 12.1 Å². The van der Waals surface area contributed by atoms with Crippen molar-refractivity contribution in [2.75, 3.05) is 4.90 Å². The summed E-state index contributed by atoms with van der Waals surface area (Å²) in [5.74, 6) is -3.66. The molecule has 0 N–H and O–H groups in total. The minimum absolute atomic E-state index is 0.00746. The number of hydrogen-bond acceptors (Lipinski definition) is 5. The van der Waals surface area contributed by atoms with Gasteiger partial charge in [0.15, 0.2) is 0 Å². The van der Waals surface area contributed by atoms with Crippen LogP contribution in [0.2, 0.25) is 0 Å². The highest BCUT2D eigenvalue weighted by Crippen LogP contribution is 2.31. The summed E-state index contributed by atoms with van der Waals surface area (Å²) in [7, 11) is 0. The van der Waals surface area contributed by atoms with E-state index in [4.69, 9.17) is 0 Å². The van der Waals surface area contributed by atoms with Gasteiger partial charge in [0, 0.05) is 22.9 Å². The largest absolute Gasteiger partial charge is 0.573 e. The zero-order valence-corrected chi connectivity index (χ0v) is 15.0. The summed E-state index contributed by atoms with van der Waals surface area (Å²) in [6.45, 7) is -0.386. The van der Waals surface area contributed by atoms with Gasteiger partial charge in [-0.15, -0.1) is 23.4 Å². The Labute approximate surface area is 168 Å². The van der Waals surface area contributed by atoms with Gasteiger partial charge in [-0.2, -0.15) is 13.2 Å². The second kappa shape index (κ2) is 8.24. The SMILES string of the molecule is O=CN(Cc1ccc(-c2nnc(C(F)(F)F)o2)cc1F)c1cccc(OC(F)(F)F)c1. The second-order valence-corrected chi connectivity index (χ2v) is 5.99. The number of aromatic nitrogens is 2. The van der Waals surface area contributed by atoms with E-state index in [2.05, 4.69) is 19.4 Å². The Morgan fingerprint density at radius 1 is 1.03 bits per heavy atom. The number of carbonyl (C=O) groups is 1. The summed E-state index contributed by atoms with van der Waals surface area (Å²) in [4.78, 5) is 12.3. The number of hydrogen-bond donors (Lipinski definition) is 0. The molecular formula is C18H10F7N3O3. The minimum atomic E-state index is -4.94. The fraction of sp³-hybridized carbons (Fsp3) is 0.167. The maximum atomic E-state index is 14.5. The molecule has 0 aliphatic carbocycles. The molecule has 164 valence electrons. The Morgan fingerprint density at radius 3 is 2.35 bits per heavy atom. The molecule has 0 saturated carbocycles. The first-order valence-electron chi connectivity index (χ1n) is 8.23. The van der Waals surface area contributed by atoms with Crippen molar-refractivity contribution in [2.24, 2.45) is 0 Å². The van der Waals surface area contributed by atoms with Crippen molar-refractivity contribution in [2.45, 2.75) is 19.1 Å². The molecule has 0 aliphatic rings. The Hall–Kier alpha value is -3.64. The van der Waals surface area contributed by atoms with Crippen LogP contribution in [0.3, 0.4) is 0 Å². The molecule has 0 atom stereocenters. The van der Waals surface area contributed by atoms with E-state index in [0.717, 1.165) is 29.2 Å². The van der Waals surface area contributed by atoms with Crippen LogP contribution in [0.4, 0.5) is 36.4 Å². The van der Waals surface area contributed by atoms with Crippen LogP contribution in [0.25, 0.3) is 11.5 Å². The molecule has 0 fully saturated rings. The molecule has 31 heavy (non-hydrogen) atoms. The lowest BCUT2D eigenvalue weighted by molar-refractivity contribution is -0.274. The van der Waals surface area contributed by atoms with E-state index in [9.17, 15) is 35.5 Å². The third-order valence-electron chi connectivity index (χ3n) is 3.82. The van der Waals surface area contributed by atoms with Crippen LogP contribution in [0.15, 0.2) is 46.9 Å². The molecule has 0 spiro atoms. The third kappa shape index (κ3) is 5.49. The molecule has 0 bridgehead atoms. The molecule has 3 aromatic rings. The van der Waals surface area contributed by atoms with Crippen molar-refractivity contribution in [3.8, 4) is 17.2 Å². The highest BCUT2D eigenvalue weighted by molar-refractivity contribution is 5.75. The number of halogens is 7. The summed E-state index contributed by atoms with van der Waals surface area (Å²) in [5, 5.41) is 6.05. The number of alkyl halides is 6. The Balaban J connectivity index is 1.81. The van der Waals surface area contributed by atoms with E-state index >= 15 is 0 Å². The molecule has 0 aliphatic heterocycles. The molecule has 0 unspecified atom stereocenters. The summed E-state index contributed by atoms with van der Waals surface area (Å²) >= 11 is 0. The molecule has 6 nitrogen and oxygen atoms in total. The van der Waals surface area contributed by atoms with Crippen molar-refractivity contribution in [1.29, 1.82) is 0 Å². The molecule has 13 heteroatoms. The normalized spacial score (nSPS) is 12.0. The lowest BCUT2D eigenvalue weighted by Gasteiger charge is -2.19. The molecule has 1 heterocycles. The van der Waals surface area contributed by atoms with Crippen molar-refractivity contribution in [1.82, 2.24) is 10.2 Å². The number of carbonyl (C=O) groups excluding carboxylic acids is 1. The van der Waals surface area contributed by atoms with Crippen LogP contribution in [0.5, 0.6) is 5.75 Å². The second-order valence-electron chi connectivity index (χ2n) is 5.99. The lowest BCUT2D eigenvalue weighted by Crippen LogP contribution is -2.22. The number of benzene rings is 2. The van der Waals surface area contributed by atoms with Crippen LogP contribution >= 0.6 is 0 Å². The molecule has 1 aromatic heterocycles. The molecular weight excluding hydrogens is 439 g/mol. The highest BCUT2D eigenvalue weighted by atomic mass is 19.4. The maximum absolute atomic E-state index is 14.5. The standard InChI is InChI=1S/C18H10F7N3O3/c19-14-6-10(15-26-27-16(30-15)17(20,21)22)4-5-11(14)8-28(9-29)12-2-1-3-13(7-12)31-18(23,24)25/h1-7,9H,8H2. The molecule has 0 radical (unpaired) electrons. The van der Waals surface area contributed by atoms with Crippen LogP contribution in [0.1, 0.15) is 11.5 Å². The van der Waals surface area contributed by atoms with Gasteiger partial charge >= 0.3 is 18.4 Å². The van der Waals surface area contributed by atoms with E-state index in [0.29, 0.717) is 0 Å².